The van der Waals surface area contributed by atoms with E-state index in [1.165, 1.54) is 12.1 Å². The number of hydrogen-bond donors (Lipinski definition) is 2. The van der Waals surface area contributed by atoms with Gasteiger partial charge < -0.3 is 11.1 Å². The highest BCUT2D eigenvalue weighted by molar-refractivity contribution is 6.33. The van der Waals surface area contributed by atoms with Crippen molar-refractivity contribution in [3.63, 3.8) is 0 Å². The van der Waals surface area contributed by atoms with Gasteiger partial charge in [0.1, 0.15) is 0 Å². The molecule has 1 aromatic carbocycles. The third-order valence-electron chi connectivity index (χ3n) is 2.15. The predicted molar refractivity (Wildman–Crippen MR) is 64.9 cm³/mol. The third kappa shape index (κ3) is 3.08. The lowest BCUT2D eigenvalue weighted by Gasteiger charge is -2.26. The Morgan fingerprint density at radius 3 is 2.62 bits per heavy atom. The number of halogens is 1. The molecule has 0 amide bonds. The van der Waals surface area contributed by atoms with E-state index < -0.39 is 4.92 Å². The first-order chi connectivity index (χ1) is 7.35. The van der Waals surface area contributed by atoms with Crippen molar-refractivity contribution in [3.05, 3.63) is 33.3 Å². The minimum Gasteiger partial charge on any atom is -0.378 e. The van der Waals surface area contributed by atoms with Gasteiger partial charge in [-0.3, -0.25) is 10.1 Å². The number of nitrogens with one attached hydrogen (secondary N) is 1. The Kier molecular flexibility index (Phi) is 3.72. The monoisotopic (exact) mass is 243 g/mol. The van der Waals surface area contributed by atoms with E-state index in [4.69, 9.17) is 17.3 Å². The number of nitro groups is 1. The molecule has 0 aliphatic rings. The van der Waals surface area contributed by atoms with Crippen LogP contribution in [0.5, 0.6) is 0 Å². The van der Waals surface area contributed by atoms with Gasteiger partial charge in [-0.25, -0.2) is 0 Å². The number of nitro benzene ring substituents is 1. The Hall–Kier alpha value is -1.33. The molecule has 0 unspecified atom stereocenters. The molecule has 0 heterocycles. The summed E-state index contributed by atoms with van der Waals surface area (Å²) < 4.78 is 0. The summed E-state index contributed by atoms with van der Waals surface area (Å²) in [5.74, 6) is 0. The minimum atomic E-state index is -0.482. The van der Waals surface area contributed by atoms with Crippen LogP contribution in [-0.2, 0) is 0 Å². The van der Waals surface area contributed by atoms with Crippen LogP contribution in [0.3, 0.4) is 0 Å². The Balaban J connectivity index is 2.96. The fraction of sp³-hybridized carbons (Fsp3) is 0.400. The van der Waals surface area contributed by atoms with Gasteiger partial charge in [-0.1, -0.05) is 11.6 Å². The van der Waals surface area contributed by atoms with Crippen molar-refractivity contribution in [3.8, 4) is 0 Å². The Bertz CT molecular complexity index is 407. The van der Waals surface area contributed by atoms with Crippen LogP contribution in [0, 0.1) is 10.1 Å². The molecule has 0 atom stereocenters. The first kappa shape index (κ1) is 12.7. The molecule has 3 N–H and O–H groups in total. The van der Waals surface area contributed by atoms with E-state index in [1.54, 1.807) is 6.07 Å². The molecule has 16 heavy (non-hydrogen) atoms. The van der Waals surface area contributed by atoms with Crippen molar-refractivity contribution in [2.24, 2.45) is 5.73 Å². The second-order valence-corrected chi connectivity index (χ2v) is 4.54. The molecule has 0 saturated heterocycles. The lowest BCUT2D eigenvalue weighted by Crippen LogP contribution is -2.39. The molecule has 0 fully saturated rings. The number of benzene rings is 1. The van der Waals surface area contributed by atoms with E-state index in [9.17, 15) is 10.1 Å². The normalized spacial score (nSPS) is 11.2. The third-order valence-corrected chi connectivity index (χ3v) is 2.46. The smallest absolute Gasteiger partial charge is 0.271 e. The zero-order chi connectivity index (χ0) is 12.3. The minimum absolute atomic E-state index is 0.0268. The van der Waals surface area contributed by atoms with Crippen LogP contribution in [-0.4, -0.2) is 17.0 Å². The number of hydrogen-bond acceptors (Lipinski definition) is 4. The van der Waals surface area contributed by atoms with Gasteiger partial charge in [0, 0.05) is 24.2 Å². The van der Waals surface area contributed by atoms with E-state index in [-0.39, 0.29) is 11.2 Å². The summed E-state index contributed by atoms with van der Waals surface area (Å²) in [7, 11) is 0. The number of anilines is 1. The molecule has 5 nitrogen and oxygen atoms in total. The van der Waals surface area contributed by atoms with Crippen molar-refractivity contribution in [2.75, 3.05) is 11.9 Å². The van der Waals surface area contributed by atoms with Gasteiger partial charge in [-0.2, -0.15) is 0 Å². The highest BCUT2D eigenvalue weighted by atomic mass is 35.5. The second-order valence-electron chi connectivity index (χ2n) is 4.13. The molecule has 0 spiro atoms. The standard InChI is InChI=1S/C10H14ClN3O2/c1-10(2,6-12)13-9-4-3-7(14(15)16)5-8(9)11/h3-5,13H,6,12H2,1-2H3. The lowest BCUT2D eigenvalue weighted by atomic mass is 10.1. The van der Waals surface area contributed by atoms with E-state index in [0.717, 1.165) is 0 Å². The summed E-state index contributed by atoms with van der Waals surface area (Å²) in [5.41, 5.74) is 5.88. The van der Waals surface area contributed by atoms with Gasteiger partial charge in [0.25, 0.3) is 5.69 Å². The molecule has 0 bridgehead atoms. The highest BCUT2D eigenvalue weighted by Gasteiger charge is 2.17. The molecule has 1 rings (SSSR count). The topological polar surface area (TPSA) is 81.2 Å². The van der Waals surface area contributed by atoms with Gasteiger partial charge in [0.05, 0.1) is 15.6 Å². The van der Waals surface area contributed by atoms with Crippen molar-refractivity contribution >= 4 is 23.0 Å². The van der Waals surface area contributed by atoms with E-state index >= 15 is 0 Å². The quantitative estimate of drug-likeness (QED) is 0.629. The molecule has 1 aromatic rings. The highest BCUT2D eigenvalue weighted by Crippen LogP contribution is 2.28. The summed E-state index contributed by atoms with van der Waals surface area (Å²) >= 11 is 5.93. The summed E-state index contributed by atoms with van der Waals surface area (Å²) in [6.07, 6.45) is 0. The van der Waals surface area contributed by atoms with Crippen molar-refractivity contribution in [1.29, 1.82) is 0 Å². The van der Waals surface area contributed by atoms with Crippen molar-refractivity contribution in [1.82, 2.24) is 0 Å². The first-order valence-electron chi connectivity index (χ1n) is 4.78. The maximum Gasteiger partial charge on any atom is 0.271 e. The Morgan fingerprint density at radius 1 is 1.56 bits per heavy atom. The summed E-state index contributed by atoms with van der Waals surface area (Å²) in [5, 5.41) is 14.0. The van der Waals surface area contributed by atoms with Crippen molar-refractivity contribution in [2.45, 2.75) is 19.4 Å². The average Bonchev–Trinajstić information content (AvgIpc) is 2.20. The number of rotatable bonds is 4. The lowest BCUT2D eigenvalue weighted by molar-refractivity contribution is -0.384. The predicted octanol–water partition coefficient (Wildman–Crippen LogP) is 2.40. The zero-order valence-electron chi connectivity index (χ0n) is 9.16. The fourth-order valence-corrected chi connectivity index (χ4v) is 1.36. The summed E-state index contributed by atoms with van der Waals surface area (Å²) in [4.78, 5) is 10.0. The van der Waals surface area contributed by atoms with Gasteiger partial charge in [0.2, 0.25) is 0 Å². The van der Waals surface area contributed by atoms with E-state index in [1.807, 2.05) is 13.8 Å². The van der Waals surface area contributed by atoms with Crippen LogP contribution in [0.15, 0.2) is 18.2 Å². The van der Waals surface area contributed by atoms with Gasteiger partial charge >= 0.3 is 0 Å². The molecular weight excluding hydrogens is 230 g/mol. The molecule has 0 saturated carbocycles. The van der Waals surface area contributed by atoms with Gasteiger partial charge in [0.15, 0.2) is 0 Å². The SMILES string of the molecule is CC(C)(CN)Nc1ccc([N+](=O)[O-])cc1Cl. The zero-order valence-corrected chi connectivity index (χ0v) is 9.91. The van der Waals surface area contributed by atoms with Crippen LogP contribution in [0.2, 0.25) is 5.02 Å². The number of non-ortho nitro benzene ring substituents is 1. The molecule has 88 valence electrons. The average molecular weight is 244 g/mol. The summed E-state index contributed by atoms with van der Waals surface area (Å²) in [6.45, 7) is 4.27. The van der Waals surface area contributed by atoms with Crippen LogP contribution in [0.25, 0.3) is 0 Å². The Morgan fingerprint density at radius 2 is 2.19 bits per heavy atom. The number of nitrogens with zero attached hydrogens (tertiary/aromatic N) is 1. The molecular formula is C10H14ClN3O2. The second kappa shape index (κ2) is 4.67. The van der Waals surface area contributed by atoms with Crippen LogP contribution < -0.4 is 11.1 Å². The van der Waals surface area contributed by atoms with E-state index in [2.05, 4.69) is 5.32 Å². The largest absolute Gasteiger partial charge is 0.378 e. The molecule has 0 aliphatic carbocycles. The van der Waals surface area contributed by atoms with Crippen LogP contribution in [0.4, 0.5) is 11.4 Å². The molecule has 0 aromatic heterocycles. The Labute approximate surface area is 98.7 Å². The van der Waals surface area contributed by atoms with Gasteiger partial charge in [-0.15, -0.1) is 0 Å². The molecule has 0 aliphatic heterocycles. The maximum absolute atomic E-state index is 10.5. The first-order valence-corrected chi connectivity index (χ1v) is 5.16. The van der Waals surface area contributed by atoms with Gasteiger partial charge in [-0.05, 0) is 19.9 Å². The van der Waals surface area contributed by atoms with Crippen LogP contribution in [0.1, 0.15) is 13.8 Å². The molecule has 0 radical (unpaired) electrons. The number of nitrogens with two attached hydrogens (primary N) is 1. The maximum atomic E-state index is 10.5. The molecule has 6 heteroatoms. The fourth-order valence-electron chi connectivity index (χ4n) is 1.13. The summed E-state index contributed by atoms with van der Waals surface area (Å²) in [6, 6.07) is 4.30. The van der Waals surface area contributed by atoms with E-state index in [0.29, 0.717) is 17.3 Å². The van der Waals surface area contributed by atoms with Crippen LogP contribution >= 0.6 is 11.6 Å². The van der Waals surface area contributed by atoms with Crippen molar-refractivity contribution < 1.29 is 4.92 Å².